The van der Waals surface area contributed by atoms with E-state index in [1.807, 2.05) is 0 Å². The van der Waals surface area contributed by atoms with Crippen LogP contribution in [0.2, 0.25) is 0 Å². The number of aldehydes is 1. The van der Waals surface area contributed by atoms with Gasteiger partial charge in [0.15, 0.2) is 17.7 Å². The fourth-order valence-corrected chi connectivity index (χ4v) is 1.15. The number of oxazole rings is 1. The number of hydrogen-bond donors (Lipinski definition) is 1. The summed E-state index contributed by atoms with van der Waals surface area (Å²) in [5, 5.41) is 9.46. The van der Waals surface area contributed by atoms with Crippen molar-refractivity contribution in [2.24, 2.45) is 0 Å². The van der Waals surface area contributed by atoms with Gasteiger partial charge in [-0.05, 0) is 12.8 Å². The molecule has 1 N–H and O–H groups in total. The Balaban J connectivity index is 2.46. The number of alkyl halides is 3. The number of aliphatic hydroxyl groups is 1. The van der Waals surface area contributed by atoms with Crippen molar-refractivity contribution in [3.05, 3.63) is 17.3 Å². The first kappa shape index (κ1) is 10.2. The molecule has 0 atom stereocenters. The summed E-state index contributed by atoms with van der Waals surface area (Å²) in [7, 11) is 0. The van der Waals surface area contributed by atoms with E-state index in [0.717, 1.165) is 0 Å². The molecule has 0 bridgehead atoms. The van der Waals surface area contributed by atoms with Gasteiger partial charge in [0, 0.05) is 0 Å². The van der Waals surface area contributed by atoms with Crippen LogP contribution < -0.4 is 0 Å². The lowest BCUT2D eigenvalue weighted by Gasteiger charge is -2.00. The Labute approximate surface area is 81.7 Å². The zero-order valence-corrected chi connectivity index (χ0v) is 7.34. The maximum absolute atomic E-state index is 12.3. The van der Waals surface area contributed by atoms with Crippen molar-refractivity contribution in [2.75, 3.05) is 0 Å². The zero-order valence-electron chi connectivity index (χ0n) is 7.34. The lowest BCUT2D eigenvalue weighted by molar-refractivity contribution is -0.141. The van der Waals surface area contributed by atoms with Crippen LogP contribution in [-0.4, -0.2) is 16.4 Å². The number of carbonyl (C=O) groups is 1. The second-order valence-corrected chi connectivity index (χ2v) is 3.38. The number of carbonyl (C=O) groups excluding carboxylic acids is 1. The maximum atomic E-state index is 12.3. The molecule has 1 aromatic heterocycles. The van der Waals surface area contributed by atoms with Crippen molar-refractivity contribution in [2.45, 2.75) is 24.6 Å². The molecule has 7 heteroatoms. The van der Waals surface area contributed by atoms with Crippen molar-refractivity contribution >= 4 is 6.29 Å². The minimum atomic E-state index is -4.75. The van der Waals surface area contributed by atoms with E-state index in [4.69, 9.17) is 0 Å². The number of aromatic nitrogens is 1. The third kappa shape index (κ3) is 1.63. The van der Waals surface area contributed by atoms with E-state index in [9.17, 15) is 23.1 Å². The Morgan fingerprint density at radius 3 is 2.40 bits per heavy atom. The summed E-state index contributed by atoms with van der Waals surface area (Å²) in [6.07, 6.45) is -4.22. The normalized spacial score (nSPS) is 18.9. The second-order valence-electron chi connectivity index (χ2n) is 3.38. The van der Waals surface area contributed by atoms with Gasteiger partial charge in [-0.25, -0.2) is 4.98 Å². The topological polar surface area (TPSA) is 63.3 Å². The van der Waals surface area contributed by atoms with Crippen LogP contribution in [0.15, 0.2) is 4.42 Å². The fourth-order valence-electron chi connectivity index (χ4n) is 1.15. The monoisotopic (exact) mass is 221 g/mol. The predicted molar refractivity (Wildman–Crippen MR) is 40.0 cm³/mol. The molecule has 0 spiro atoms. The summed E-state index contributed by atoms with van der Waals surface area (Å²) in [6.45, 7) is 0. The molecular weight excluding hydrogens is 215 g/mol. The highest BCUT2D eigenvalue weighted by atomic mass is 19.4. The molecule has 1 aromatic rings. The van der Waals surface area contributed by atoms with Crippen molar-refractivity contribution < 1.29 is 27.5 Å². The summed E-state index contributed by atoms with van der Waals surface area (Å²) < 4.78 is 41.5. The van der Waals surface area contributed by atoms with Crippen molar-refractivity contribution in [3.63, 3.8) is 0 Å². The molecule has 15 heavy (non-hydrogen) atoms. The molecule has 0 aliphatic heterocycles. The SMILES string of the molecule is O=Cc1oc(C2(O)CC2)nc1C(F)(F)F. The molecule has 1 aliphatic rings. The summed E-state index contributed by atoms with van der Waals surface area (Å²) in [4.78, 5) is 13.4. The molecule has 1 heterocycles. The first-order valence-electron chi connectivity index (χ1n) is 4.13. The average Bonchev–Trinajstić information content (AvgIpc) is 2.73. The quantitative estimate of drug-likeness (QED) is 0.768. The van der Waals surface area contributed by atoms with Crippen molar-refractivity contribution in [1.29, 1.82) is 0 Å². The van der Waals surface area contributed by atoms with Crippen LogP contribution in [-0.2, 0) is 11.8 Å². The van der Waals surface area contributed by atoms with Gasteiger partial charge in [0.1, 0.15) is 5.60 Å². The highest BCUT2D eigenvalue weighted by Crippen LogP contribution is 2.46. The minimum absolute atomic E-state index is 0.0644. The first-order chi connectivity index (χ1) is 6.87. The van der Waals surface area contributed by atoms with Crippen LogP contribution in [0, 0.1) is 0 Å². The lowest BCUT2D eigenvalue weighted by atomic mass is 10.3. The second kappa shape index (κ2) is 2.82. The van der Waals surface area contributed by atoms with E-state index in [1.54, 1.807) is 0 Å². The van der Waals surface area contributed by atoms with E-state index in [1.165, 1.54) is 0 Å². The third-order valence-corrected chi connectivity index (χ3v) is 2.15. The van der Waals surface area contributed by atoms with E-state index >= 15 is 0 Å². The van der Waals surface area contributed by atoms with Gasteiger partial charge in [-0.1, -0.05) is 0 Å². The van der Waals surface area contributed by atoms with E-state index < -0.39 is 29.1 Å². The third-order valence-electron chi connectivity index (χ3n) is 2.15. The summed E-state index contributed by atoms with van der Waals surface area (Å²) in [5.74, 6) is -1.32. The van der Waals surface area contributed by atoms with Crippen LogP contribution in [0.5, 0.6) is 0 Å². The molecule has 2 rings (SSSR count). The van der Waals surface area contributed by atoms with E-state index in [0.29, 0.717) is 12.8 Å². The number of hydrogen-bond acceptors (Lipinski definition) is 4. The molecule has 0 unspecified atom stereocenters. The zero-order chi connectivity index (χ0) is 11.3. The number of halogens is 3. The first-order valence-corrected chi connectivity index (χ1v) is 4.13. The number of nitrogens with zero attached hydrogens (tertiary/aromatic N) is 1. The average molecular weight is 221 g/mol. The summed E-state index contributed by atoms with van der Waals surface area (Å²) in [5.41, 5.74) is -2.80. The molecule has 82 valence electrons. The van der Waals surface area contributed by atoms with E-state index in [2.05, 4.69) is 9.40 Å². The highest BCUT2D eigenvalue weighted by molar-refractivity contribution is 5.72. The molecule has 4 nitrogen and oxygen atoms in total. The Morgan fingerprint density at radius 1 is 1.47 bits per heavy atom. The van der Waals surface area contributed by atoms with Crippen molar-refractivity contribution in [1.82, 2.24) is 4.98 Å². The maximum Gasteiger partial charge on any atom is 0.437 e. The van der Waals surface area contributed by atoms with Crippen LogP contribution >= 0.6 is 0 Å². The van der Waals surface area contributed by atoms with Gasteiger partial charge >= 0.3 is 6.18 Å². The summed E-state index contributed by atoms with van der Waals surface area (Å²) >= 11 is 0. The van der Waals surface area contributed by atoms with Gasteiger partial charge in [-0.2, -0.15) is 13.2 Å². The smallest absolute Gasteiger partial charge is 0.434 e. The van der Waals surface area contributed by atoms with Crippen LogP contribution in [0.3, 0.4) is 0 Å². The number of rotatable bonds is 2. The van der Waals surface area contributed by atoms with E-state index in [-0.39, 0.29) is 6.29 Å². The summed E-state index contributed by atoms with van der Waals surface area (Å²) in [6, 6.07) is 0. The fraction of sp³-hybridized carbons (Fsp3) is 0.500. The standard InChI is InChI=1S/C8H6F3NO3/c9-8(10,11)5-4(3-13)15-6(12-5)7(14)1-2-7/h3,14H,1-2H2. The molecule has 0 aromatic carbocycles. The van der Waals surface area contributed by atoms with Gasteiger partial charge in [0.05, 0.1) is 0 Å². The van der Waals surface area contributed by atoms with Gasteiger partial charge in [0.2, 0.25) is 5.89 Å². The highest BCUT2D eigenvalue weighted by Gasteiger charge is 2.49. The molecule has 1 saturated carbocycles. The molecule has 0 radical (unpaired) electrons. The predicted octanol–water partition coefficient (Wildman–Crippen LogP) is 1.49. The molecule has 0 saturated heterocycles. The Kier molecular flexibility index (Phi) is 1.91. The molecule has 1 fully saturated rings. The van der Waals surface area contributed by atoms with Crippen molar-refractivity contribution in [3.8, 4) is 0 Å². The lowest BCUT2D eigenvalue weighted by Crippen LogP contribution is -2.10. The minimum Gasteiger partial charge on any atom is -0.434 e. The van der Waals surface area contributed by atoms with Gasteiger partial charge in [-0.15, -0.1) is 0 Å². The van der Waals surface area contributed by atoms with Crippen LogP contribution in [0.4, 0.5) is 13.2 Å². The van der Waals surface area contributed by atoms with Gasteiger partial charge in [0.25, 0.3) is 0 Å². The Morgan fingerprint density at radius 2 is 2.07 bits per heavy atom. The van der Waals surface area contributed by atoms with Gasteiger partial charge in [-0.3, -0.25) is 4.79 Å². The van der Waals surface area contributed by atoms with Crippen LogP contribution in [0.25, 0.3) is 0 Å². The Bertz CT molecular complexity index is 406. The van der Waals surface area contributed by atoms with Gasteiger partial charge < -0.3 is 9.52 Å². The Hall–Kier alpha value is -1.37. The molecular formula is C8H6F3NO3. The van der Waals surface area contributed by atoms with Crippen LogP contribution in [0.1, 0.15) is 35.0 Å². The molecule has 1 aliphatic carbocycles. The molecule has 0 amide bonds. The largest absolute Gasteiger partial charge is 0.437 e.